The van der Waals surface area contributed by atoms with E-state index in [2.05, 4.69) is 13.8 Å². The van der Waals surface area contributed by atoms with Crippen LogP contribution in [0.2, 0.25) is 0 Å². The van der Waals surface area contributed by atoms with Gasteiger partial charge in [-0.2, -0.15) is 0 Å². The molecule has 0 aromatic carbocycles. The molecule has 2 unspecified atom stereocenters. The van der Waals surface area contributed by atoms with E-state index in [1.54, 1.807) is 25.7 Å². The molecular formula is C12H22. The van der Waals surface area contributed by atoms with Gasteiger partial charge in [-0.1, -0.05) is 33.1 Å². The summed E-state index contributed by atoms with van der Waals surface area (Å²) in [6.45, 7) is 4.74. The van der Waals surface area contributed by atoms with Crippen molar-refractivity contribution in [3.05, 3.63) is 0 Å². The van der Waals surface area contributed by atoms with E-state index in [4.69, 9.17) is 0 Å². The summed E-state index contributed by atoms with van der Waals surface area (Å²) < 4.78 is 0. The highest BCUT2D eigenvalue weighted by molar-refractivity contribution is 4.87. The standard InChI is InChI=1S/C12H22/c1-9(2)6-10-7-11-4-3-5-12(11)8-10/h9-12H,3-8H2,1-2H3. The minimum atomic E-state index is 0.925. The second-order valence-corrected chi connectivity index (χ2v) is 5.42. The lowest BCUT2D eigenvalue weighted by Crippen LogP contribution is -2.00. The zero-order valence-corrected chi connectivity index (χ0v) is 8.55. The Balaban J connectivity index is 1.82. The van der Waals surface area contributed by atoms with Crippen molar-refractivity contribution in [2.45, 2.75) is 52.4 Å². The van der Waals surface area contributed by atoms with Gasteiger partial charge in [0, 0.05) is 0 Å². The molecule has 2 rings (SSSR count). The first kappa shape index (κ1) is 8.59. The number of hydrogen-bond acceptors (Lipinski definition) is 0. The SMILES string of the molecule is CC(C)CC1CC2CCCC2C1. The van der Waals surface area contributed by atoms with Crippen LogP contribution in [0.5, 0.6) is 0 Å². The van der Waals surface area contributed by atoms with Crippen LogP contribution in [-0.2, 0) is 0 Å². The molecule has 0 heterocycles. The largest absolute Gasteiger partial charge is 0.0628 e. The van der Waals surface area contributed by atoms with Crippen LogP contribution < -0.4 is 0 Å². The molecule has 2 aliphatic carbocycles. The van der Waals surface area contributed by atoms with Gasteiger partial charge < -0.3 is 0 Å². The molecule has 2 saturated carbocycles. The summed E-state index contributed by atoms with van der Waals surface area (Å²) >= 11 is 0. The molecule has 0 aromatic rings. The van der Waals surface area contributed by atoms with E-state index in [0.29, 0.717) is 0 Å². The van der Waals surface area contributed by atoms with Gasteiger partial charge in [-0.15, -0.1) is 0 Å². The van der Waals surface area contributed by atoms with Crippen molar-refractivity contribution >= 4 is 0 Å². The molecule has 0 amide bonds. The zero-order valence-electron chi connectivity index (χ0n) is 8.55. The van der Waals surface area contributed by atoms with E-state index in [-0.39, 0.29) is 0 Å². The highest BCUT2D eigenvalue weighted by atomic mass is 14.4. The van der Waals surface area contributed by atoms with Crippen LogP contribution in [0.25, 0.3) is 0 Å². The van der Waals surface area contributed by atoms with E-state index >= 15 is 0 Å². The third-order valence-electron chi connectivity index (χ3n) is 3.89. The molecule has 0 aliphatic heterocycles. The monoisotopic (exact) mass is 166 g/mol. The summed E-state index contributed by atoms with van der Waals surface area (Å²) in [7, 11) is 0. The van der Waals surface area contributed by atoms with Gasteiger partial charge >= 0.3 is 0 Å². The summed E-state index contributed by atoms with van der Waals surface area (Å²) in [4.78, 5) is 0. The van der Waals surface area contributed by atoms with Crippen molar-refractivity contribution < 1.29 is 0 Å². The van der Waals surface area contributed by atoms with E-state index in [9.17, 15) is 0 Å². The van der Waals surface area contributed by atoms with Crippen molar-refractivity contribution in [3.63, 3.8) is 0 Å². The molecule has 0 radical (unpaired) electrons. The molecule has 2 fully saturated rings. The number of hydrogen-bond donors (Lipinski definition) is 0. The smallest absolute Gasteiger partial charge is 0.0383 e. The van der Waals surface area contributed by atoms with Crippen LogP contribution in [0.15, 0.2) is 0 Å². The molecule has 0 N–H and O–H groups in total. The van der Waals surface area contributed by atoms with Crippen molar-refractivity contribution in [3.8, 4) is 0 Å². The molecule has 2 atom stereocenters. The summed E-state index contributed by atoms with van der Waals surface area (Å²) in [5.74, 6) is 4.32. The molecule has 70 valence electrons. The summed E-state index contributed by atoms with van der Waals surface area (Å²) in [5.41, 5.74) is 0. The fourth-order valence-corrected chi connectivity index (χ4v) is 3.55. The van der Waals surface area contributed by atoms with Gasteiger partial charge in [0.1, 0.15) is 0 Å². The highest BCUT2D eigenvalue weighted by Crippen LogP contribution is 2.48. The minimum Gasteiger partial charge on any atom is -0.0628 e. The molecule has 0 nitrogen and oxygen atoms in total. The van der Waals surface area contributed by atoms with Crippen LogP contribution in [0.3, 0.4) is 0 Å². The van der Waals surface area contributed by atoms with Gasteiger partial charge in [0.2, 0.25) is 0 Å². The van der Waals surface area contributed by atoms with E-state index < -0.39 is 0 Å². The minimum absolute atomic E-state index is 0.925. The number of rotatable bonds is 2. The third-order valence-corrected chi connectivity index (χ3v) is 3.89. The Morgan fingerprint density at radius 1 is 1.08 bits per heavy atom. The Hall–Kier alpha value is 0. The zero-order chi connectivity index (χ0) is 8.55. The van der Waals surface area contributed by atoms with Crippen LogP contribution in [-0.4, -0.2) is 0 Å². The van der Waals surface area contributed by atoms with Gasteiger partial charge in [0.25, 0.3) is 0 Å². The van der Waals surface area contributed by atoms with Crippen molar-refractivity contribution in [2.75, 3.05) is 0 Å². The molecule has 2 aliphatic rings. The van der Waals surface area contributed by atoms with Crippen LogP contribution in [0.1, 0.15) is 52.4 Å². The summed E-state index contributed by atoms with van der Waals surface area (Å²) in [5, 5.41) is 0. The van der Waals surface area contributed by atoms with Gasteiger partial charge in [0.15, 0.2) is 0 Å². The van der Waals surface area contributed by atoms with E-state index in [1.165, 1.54) is 12.8 Å². The topological polar surface area (TPSA) is 0 Å². The van der Waals surface area contributed by atoms with Gasteiger partial charge in [-0.25, -0.2) is 0 Å². The normalized spacial score (nSPS) is 40.8. The summed E-state index contributed by atoms with van der Waals surface area (Å²) in [6, 6.07) is 0. The lowest BCUT2D eigenvalue weighted by atomic mass is 9.93. The third kappa shape index (κ3) is 1.67. The van der Waals surface area contributed by atoms with E-state index in [0.717, 1.165) is 23.7 Å². The fraction of sp³-hybridized carbons (Fsp3) is 1.00. The summed E-state index contributed by atoms with van der Waals surface area (Å²) in [6.07, 6.45) is 9.28. The molecule has 0 bridgehead atoms. The Morgan fingerprint density at radius 3 is 2.17 bits per heavy atom. The maximum Gasteiger partial charge on any atom is -0.0383 e. The van der Waals surface area contributed by atoms with Crippen molar-refractivity contribution in [1.29, 1.82) is 0 Å². The lowest BCUT2D eigenvalue weighted by molar-refractivity contribution is 0.392. The molecule has 12 heavy (non-hydrogen) atoms. The molecule has 0 aromatic heterocycles. The maximum absolute atomic E-state index is 2.37. The Bertz CT molecular complexity index is 136. The Labute approximate surface area is 76.7 Å². The molecular weight excluding hydrogens is 144 g/mol. The van der Waals surface area contributed by atoms with Crippen LogP contribution in [0, 0.1) is 23.7 Å². The molecule has 0 saturated heterocycles. The highest BCUT2D eigenvalue weighted by Gasteiger charge is 2.36. The second kappa shape index (κ2) is 3.40. The first-order valence-corrected chi connectivity index (χ1v) is 5.75. The number of fused-ring (bicyclic) bond motifs is 1. The van der Waals surface area contributed by atoms with Crippen molar-refractivity contribution in [2.24, 2.45) is 23.7 Å². The first-order valence-electron chi connectivity index (χ1n) is 5.75. The fourth-order valence-electron chi connectivity index (χ4n) is 3.55. The maximum atomic E-state index is 2.37. The Morgan fingerprint density at radius 2 is 1.67 bits per heavy atom. The quantitative estimate of drug-likeness (QED) is 0.584. The first-order chi connectivity index (χ1) is 5.75. The van der Waals surface area contributed by atoms with Crippen LogP contribution >= 0.6 is 0 Å². The van der Waals surface area contributed by atoms with Gasteiger partial charge in [-0.3, -0.25) is 0 Å². The lowest BCUT2D eigenvalue weighted by Gasteiger charge is -2.12. The van der Waals surface area contributed by atoms with Crippen molar-refractivity contribution in [1.82, 2.24) is 0 Å². The van der Waals surface area contributed by atoms with E-state index in [1.807, 2.05) is 0 Å². The average Bonchev–Trinajstić information content (AvgIpc) is 2.43. The van der Waals surface area contributed by atoms with Gasteiger partial charge in [0.05, 0.1) is 0 Å². The van der Waals surface area contributed by atoms with Crippen LogP contribution in [0.4, 0.5) is 0 Å². The second-order valence-electron chi connectivity index (χ2n) is 5.42. The predicted octanol–water partition coefficient (Wildman–Crippen LogP) is 3.86. The molecule has 0 spiro atoms. The van der Waals surface area contributed by atoms with Gasteiger partial charge in [-0.05, 0) is 42.9 Å². The Kier molecular flexibility index (Phi) is 2.43. The predicted molar refractivity (Wildman–Crippen MR) is 53.0 cm³/mol. The average molecular weight is 166 g/mol. The molecule has 0 heteroatoms.